The summed E-state index contributed by atoms with van der Waals surface area (Å²) in [7, 11) is 2.53. The number of hydrogen-bond donors (Lipinski definition) is 3. The minimum absolute atomic E-state index is 0.621. The molecule has 4 atom stereocenters. The monoisotopic (exact) mass is 560 g/mol. The molecule has 10 nitrogen and oxygen atoms in total. The Bertz CT molecular complexity index is 1500. The molecule has 3 N–H and O–H groups in total. The molecule has 10 heteroatoms. The summed E-state index contributed by atoms with van der Waals surface area (Å²) in [4.78, 5) is 39.7. The number of nitrogens with zero attached hydrogens (tertiary/aromatic N) is 1. The second-order valence-electron chi connectivity index (χ2n) is 9.93. The van der Waals surface area contributed by atoms with E-state index in [0.717, 1.165) is 10.6 Å². The third kappa shape index (κ3) is 3.87. The minimum Gasteiger partial charge on any atom is -0.393 e. The van der Waals surface area contributed by atoms with Gasteiger partial charge in [-0.2, -0.15) is 0 Å². The van der Waals surface area contributed by atoms with Crippen molar-refractivity contribution >= 4 is 0 Å². The van der Waals surface area contributed by atoms with E-state index in [1.807, 2.05) is 91.0 Å². The summed E-state index contributed by atoms with van der Waals surface area (Å²) in [5, 5.41) is 23.4. The summed E-state index contributed by atoms with van der Waals surface area (Å²) in [5.41, 5.74) is -5.43. The Hall–Kier alpha value is -3.90. The fraction of sp³-hybridized carbons (Fsp3) is 0.290. The lowest BCUT2D eigenvalue weighted by Crippen LogP contribution is -2.76. The lowest BCUT2D eigenvalue weighted by Gasteiger charge is -2.57. The zero-order valence-corrected chi connectivity index (χ0v) is 22.9. The van der Waals surface area contributed by atoms with E-state index in [9.17, 15) is 19.8 Å². The van der Waals surface area contributed by atoms with Crippen LogP contribution in [-0.4, -0.2) is 58.1 Å². The zero-order chi connectivity index (χ0) is 29.3. The third-order valence-electron chi connectivity index (χ3n) is 8.08. The normalized spacial score (nSPS) is 26.2. The number of aliphatic hydroxyl groups is 2. The van der Waals surface area contributed by atoms with Crippen molar-refractivity contribution in [2.24, 2.45) is 0 Å². The first-order valence-electron chi connectivity index (χ1n) is 13.0. The molecular formula is C31H32N2O8. The van der Waals surface area contributed by atoms with Gasteiger partial charge in [-0.05, 0) is 23.6 Å². The van der Waals surface area contributed by atoms with Gasteiger partial charge in [0.25, 0.3) is 5.56 Å². The molecule has 0 amide bonds. The second kappa shape index (κ2) is 10.8. The summed E-state index contributed by atoms with van der Waals surface area (Å²) < 4.78 is 13.5. The third-order valence-corrected chi connectivity index (χ3v) is 8.08. The quantitative estimate of drug-likeness (QED) is 0.123. The molecule has 1 saturated heterocycles. The lowest BCUT2D eigenvalue weighted by molar-refractivity contribution is -0.445. The molecule has 3 aromatic carbocycles. The number of H-pyrrole nitrogens is 1. The molecule has 1 aromatic heterocycles. The number of hydrogen-bond acceptors (Lipinski definition) is 8. The van der Waals surface area contributed by atoms with E-state index in [1.165, 1.54) is 27.3 Å². The van der Waals surface area contributed by atoms with Gasteiger partial charge < -0.3 is 19.7 Å². The molecular weight excluding hydrogens is 528 g/mol. The van der Waals surface area contributed by atoms with Gasteiger partial charge in [-0.1, -0.05) is 91.0 Å². The van der Waals surface area contributed by atoms with Gasteiger partial charge in [0, 0.05) is 19.4 Å². The Balaban J connectivity index is 2.10. The Kier molecular flexibility index (Phi) is 7.56. The first kappa shape index (κ1) is 28.6. The van der Waals surface area contributed by atoms with Crippen molar-refractivity contribution in [3.63, 3.8) is 0 Å². The summed E-state index contributed by atoms with van der Waals surface area (Å²) in [6, 6.07) is 28.9. The highest BCUT2D eigenvalue weighted by molar-refractivity contribution is 5.57. The largest absolute Gasteiger partial charge is 0.393 e. The molecule has 2 heterocycles. The molecule has 0 saturated carbocycles. The molecule has 4 aromatic rings. The number of rotatable bonds is 9. The second-order valence-corrected chi connectivity index (χ2v) is 9.93. The molecule has 1 fully saturated rings. The van der Waals surface area contributed by atoms with E-state index in [1.54, 1.807) is 0 Å². The molecule has 0 spiro atoms. The smallest absolute Gasteiger partial charge is 0.330 e. The number of methoxy groups -OCH3 is 1. The number of aromatic nitrogens is 2. The predicted octanol–water partition coefficient (Wildman–Crippen LogP) is 2.29. The van der Waals surface area contributed by atoms with Gasteiger partial charge in [-0.25, -0.2) is 14.6 Å². The van der Waals surface area contributed by atoms with Crippen molar-refractivity contribution in [3.05, 3.63) is 141 Å². The van der Waals surface area contributed by atoms with E-state index in [-0.39, 0.29) is 0 Å². The molecule has 41 heavy (non-hydrogen) atoms. The van der Waals surface area contributed by atoms with Crippen LogP contribution in [0.3, 0.4) is 0 Å². The fourth-order valence-electron chi connectivity index (χ4n) is 6.53. The molecule has 1 aliphatic rings. The molecule has 1 aliphatic heterocycles. The van der Waals surface area contributed by atoms with Crippen molar-refractivity contribution in [2.75, 3.05) is 20.8 Å². The van der Waals surface area contributed by atoms with Gasteiger partial charge in [-0.15, -0.1) is 0 Å². The van der Waals surface area contributed by atoms with Gasteiger partial charge in [0.15, 0.2) is 5.72 Å². The van der Waals surface area contributed by atoms with Crippen LogP contribution in [0.5, 0.6) is 0 Å². The van der Waals surface area contributed by atoms with Crippen LogP contribution in [0.4, 0.5) is 0 Å². The fourth-order valence-corrected chi connectivity index (χ4v) is 6.53. The van der Waals surface area contributed by atoms with Gasteiger partial charge in [-0.3, -0.25) is 14.3 Å². The van der Waals surface area contributed by atoms with Crippen molar-refractivity contribution in [2.45, 2.75) is 35.6 Å². The van der Waals surface area contributed by atoms with E-state index >= 15 is 0 Å². The number of aliphatic hydroxyl groups excluding tert-OH is 1. The maximum Gasteiger partial charge on any atom is 0.330 e. The van der Waals surface area contributed by atoms with Crippen LogP contribution < -0.4 is 11.2 Å². The van der Waals surface area contributed by atoms with Crippen LogP contribution >= 0.6 is 0 Å². The molecule has 0 bridgehead atoms. The Morgan fingerprint density at radius 2 is 1.37 bits per heavy atom. The van der Waals surface area contributed by atoms with Gasteiger partial charge in [0.1, 0.15) is 6.10 Å². The Labute approximate surface area is 236 Å². The SMILES string of the molecule is COO[C@]1(C(c2ccccc2)(c2ccccc2)c2ccccc2)[C@@](O)(OC)[C@@H](CO)O[C@@]1(C)n1ccc(=O)[nH]c1=O. The van der Waals surface area contributed by atoms with Crippen molar-refractivity contribution in [1.82, 2.24) is 9.55 Å². The van der Waals surface area contributed by atoms with Crippen LogP contribution in [0.25, 0.3) is 0 Å². The predicted molar refractivity (Wildman–Crippen MR) is 149 cm³/mol. The Morgan fingerprint density at radius 3 is 1.76 bits per heavy atom. The molecule has 5 rings (SSSR count). The molecule has 0 unspecified atom stereocenters. The molecule has 0 radical (unpaired) electrons. The van der Waals surface area contributed by atoms with E-state index in [2.05, 4.69) is 4.98 Å². The standard InChI is InChI=1S/C31H32N2O8/c1-28(33-20-19-26(35)32-27(33)36)31(41-39-3,30(37,38-2)25(21-34)40-28)29(22-13-7-4-8-14-22,23-15-9-5-10-16-23)24-17-11-6-12-18-24/h4-20,25,34,37H,21H2,1-3H3,(H,32,35,36)/t25-,28-,30+,31-/m1/s1. The zero-order valence-electron chi connectivity index (χ0n) is 22.9. The van der Waals surface area contributed by atoms with Gasteiger partial charge in [0.05, 0.1) is 19.1 Å². The summed E-state index contributed by atoms with van der Waals surface area (Å²) >= 11 is 0. The van der Waals surface area contributed by atoms with E-state index in [4.69, 9.17) is 19.2 Å². The average Bonchev–Trinajstić information content (AvgIpc) is 3.19. The van der Waals surface area contributed by atoms with Crippen LogP contribution in [-0.2, 0) is 30.4 Å². The van der Waals surface area contributed by atoms with Crippen molar-refractivity contribution < 1.29 is 29.5 Å². The highest BCUT2D eigenvalue weighted by Crippen LogP contribution is 2.64. The van der Waals surface area contributed by atoms with Crippen LogP contribution in [0.2, 0.25) is 0 Å². The molecule has 214 valence electrons. The van der Waals surface area contributed by atoms with Crippen LogP contribution in [0, 0.1) is 0 Å². The first-order valence-corrected chi connectivity index (χ1v) is 13.0. The highest BCUT2D eigenvalue weighted by Gasteiger charge is 2.84. The average molecular weight is 561 g/mol. The number of ether oxygens (including phenoxy) is 2. The van der Waals surface area contributed by atoms with Crippen molar-refractivity contribution in [3.8, 4) is 0 Å². The van der Waals surface area contributed by atoms with E-state index < -0.39 is 46.5 Å². The van der Waals surface area contributed by atoms with Crippen LogP contribution in [0.1, 0.15) is 23.6 Å². The maximum absolute atomic E-state index is 13.5. The minimum atomic E-state index is -2.48. The Morgan fingerprint density at radius 1 is 0.878 bits per heavy atom. The lowest BCUT2D eigenvalue weighted by atomic mass is 9.53. The summed E-state index contributed by atoms with van der Waals surface area (Å²) in [5.74, 6) is -2.48. The number of nitrogens with one attached hydrogen (secondary N) is 1. The number of benzene rings is 3. The topological polar surface area (TPSA) is 132 Å². The van der Waals surface area contributed by atoms with E-state index in [0.29, 0.717) is 16.7 Å². The van der Waals surface area contributed by atoms with Gasteiger partial charge >= 0.3 is 5.69 Å². The summed E-state index contributed by atoms with van der Waals surface area (Å²) in [6.45, 7) is 0.802. The van der Waals surface area contributed by atoms with Crippen molar-refractivity contribution in [1.29, 1.82) is 0 Å². The van der Waals surface area contributed by atoms with Crippen LogP contribution in [0.15, 0.2) is 113 Å². The molecule has 0 aliphatic carbocycles. The maximum atomic E-state index is 13.5. The highest BCUT2D eigenvalue weighted by atomic mass is 17.2. The first-order chi connectivity index (χ1) is 19.8. The summed E-state index contributed by atoms with van der Waals surface area (Å²) in [6.07, 6.45) is -0.210. The number of aromatic amines is 1. The van der Waals surface area contributed by atoms with Gasteiger partial charge in [0.2, 0.25) is 11.4 Å².